The van der Waals surface area contributed by atoms with Gasteiger partial charge in [0.2, 0.25) is 0 Å². The van der Waals surface area contributed by atoms with Crippen molar-refractivity contribution < 1.29 is 0 Å². The molecule has 3 aromatic rings. The van der Waals surface area contributed by atoms with E-state index in [0.717, 1.165) is 12.1 Å². The number of nitrogens with one attached hydrogen (secondary N) is 1. The minimum absolute atomic E-state index is 0.384. The first-order valence-electron chi connectivity index (χ1n) is 7.53. The van der Waals surface area contributed by atoms with Crippen molar-refractivity contribution in [2.75, 3.05) is 20.6 Å². The van der Waals surface area contributed by atoms with Gasteiger partial charge >= 0.3 is 0 Å². The Morgan fingerprint density at radius 1 is 0.909 bits per heavy atom. The van der Waals surface area contributed by atoms with Crippen LogP contribution in [0.15, 0.2) is 67.0 Å². The van der Waals surface area contributed by atoms with Gasteiger partial charge in [-0.1, -0.05) is 54.6 Å². The second kappa shape index (κ2) is 6.58. The van der Waals surface area contributed by atoms with Crippen molar-refractivity contribution in [3.05, 3.63) is 78.1 Å². The zero-order valence-electron chi connectivity index (χ0n) is 13.0. The standard InChI is InChI=1S/C19H21N3/c1-22(2)14-19(16-6-4-3-5-7-16)17-10-8-15(9-11-17)18-12-20-21-13-18/h3-13,19H,14H2,1-2H3,(H,20,21). The predicted molar refractivity (Wildman–Crippen MR) is 90.9 cm³/mol. The number of nitrogens with zero attached hydrogens (tertiary/aromatic N) is 2. The summed E-state index contributed by atoms with van der Waals surface area (Å²) in [5, 5.41) is 6.87. The molecule has 0 spiro atoms. The Labute approximate surface area is 131 Å². The molecule has 1 heterocycles. The highest BCUT2D eigenvalue weighted by molar-refractivity contribution is 5.62. The lowest BCUT2D eigenvalue weighted by Crippen LogP contribution is -2.21. The fourth-order valence-electron chi connectivity index (χ4n) is 2.77. The van der Waals surface area contributed by atoms with Crippen LogP contribution in [-0.2, 0) is 0 Å². The maximum Gasteiger partial charge on any atom is 0.0565 e. The molecular weight excluding hydrogens is 270 g/mol. The monoisotopic (exact) mass is 291 g/mol. The van der Waals surface area contributed by atoms with Crippen molar-refractivity contribution in [3.63, 3.8) is 0 Å². The van der Waals surface area contributed by atoms with Gasteiger partial charge in [0.15, 0.2) is 0 Å². The number of rotatable bonds is 5. The topological polar surface area (TPSA) is 31.9 Å². The van der Waals surface area contributed by atoms with Gasteiger partial charge in [-0.2, -0.15) is 5.10 Å². The molecule has 1 aromatic heterocycles. The van der Waals surface area contributed by atoms with Crippen molar-refractivity contribution >= 4 is 0 Å². The second-order valence-electron chi connectivity index (χ2n) is 5.83. The summed E-state index contributed by atoms with van der Waals surface area (Å²) in [5.41, 5.74) is 5.00. The maximum atomic E-state index is 4.01. The van der Waals surface area contributed by atoms with E-state index in [1.165, 1.54) is 16.7 Å². The van der Waals surface area contributed by atoms with Gasteiger partial charge in [-0.25, -0.2) is 0 Å². The Kier molecular flexibility index (Phi) is 4.35. The van der Waals surface area contributed by atoms with Crippen LogP contribution in [0.1, 0.15) is 17.0 Å². The molecule has 22 heavy (non-hydrogen) atoms. The molecule has 2 aromatic carbocycles. The number of H-pyrrole nitrogens is 1. The zero-order valence-corrected chi connectivity index (χ0v) is 13.0. The summed E-state index contributed by atoms with van der Waals surface area (Å²) in [5.74, 6) is 0.384. The van der Waals surface area contributed by atoms with E-state index in [1.807, 2.05) is 12.4 Å². The molecule has 0 aliphatic rings. The average Bonchev–Trinajstić information content (AvgIpc) is 3.08. The Balaban J connectivity index is 1.91. The Morgan fingerprint density at radius 2 is 1.59 bits per heavy atom. The molecule has 0 amide bonds. The molecule has 0 bridgehead atoms. The molecule has 1 unspecified atom stereocenters. The van der Waals surface area contributed by atoms with E-state index in [4.69, 9.17) is 0 Å². The molecule has 0 saturated carbocycles. The fourth-order valence-corrected chi connectivity index (χ4v) is 2.77. The van der Waals surface area contributed by atoms with Crippen molar-refractivity contribution in [2.24, 2.45) is 0 Å². The fraction of sp³-hybridized carbons (Fsp3) is 0.211. The van der Waals surface area contributed by atoms with Crippen LogP contribution in [-0.4, -0.2) is 35.7 Å². The number of hydrogen-bond donors (Lipinski definition) is 1. The van der Waals surface area contributed by atoms with Crippen LogP contribution < -0.4 is 0 Å². The summed E-state index contributed by atoms with van der Waals surface area (Å²) in [7, 11) is 4.24. The van der Waals surface area contributed by atoms with Gasteiger partial charge in [0.25, 0.3) is 0 Å². The van der Waals surface area contributed by atoms with Crippen molar-refractivity contribution in [2.45, 2.75) is 5.92 Å². The van der Waals surface area contributed by atoms with Gasteiger partial charge < -0.3 is 4.90 Å². The molecule has 1 atom stereocenters. The quantitative estimate of drug-likeness (QED) is 0.776. The third kappa shape index (κ3) is 3.26. The highest BCUT2D eigenvalue weighted by atomic mass is 15.1. The smallest absolute Gasteiger partial charge is 0.0565 e. The van der Waals surface area contributed by atoms with Crippen LogP contribution in [0, 0.1) is 0 Å². The molecular formula is C19H21N3. The molecule has 3 heteroatoms. The Hall–Kier alpha value is -2.39. The molecule has 3 rings (SSSR count). The summed E-state index contributed by atoms with van der Waals surface area (Å²) in [6.07, 6.45) is 3.77. The van der Waals surface area contributed by atoms with E-state index in [2.05, 4.69) is 83.8 Å². The third-order valence-electron chi connectivity index (χ3n) is 3.89. The van der Waals surface area contributed by atoms with Gasteiger partial charge in [-0.15, -0.1) is 0 Å². The molecule has 0 aliphatic carbocycles. The van der Waals surface area contributed by atoms with Crippen LogP contribution in [0.3, 0.4) is 0 Å². The summed E-state index contributed by atoms with van der Waals surface area (Å²) in [4.78, 5) is 2.24. The largest absolute Gasteiger partial charge is 0.308 e. The van der Waals surface area contributed by atoms with Gasteiger partial charge in [0, 0.05) is 24.2 Å². The van der Waals surface area contributed by atoms with Gasteiger partial charge in [-0.05, 0) is 30.8 Å². The minimum atomic E-state index is 0.384. The first-order chi connectivity index (χ1) is 10.7. The van der Waals surface area contributed by atoms with E-state index in [0.29, 0.717) is 5.92 Å². The van der Waals surface area contributed by atoms with Gasteiger partial charge in [-0.3, -0.25) is 5.10 Å². The van der Waals surface area contributed by atoms with E-state index < -0.39 is 0 Å². The number of aromatic amines is 1. The highest BCUT2D eigenvalue weighted by Crippen LogP contribution is 2.27. The Morgan fingerprint density at radius 3 is 2.18 bits per heavy atom. The van der Waals surface area contributed by atoms with Crippen molar-refractivity contribution in [1.29, 1.82) is 0 Å². The zero-order chi connectivity index (χ0) is 15.4. The summed E-state index contributed by atoms with van der Waals surface area (Å²) < 4.78 is 0. The van der Waals surface area contributed by atoms with E-state index in [1.54, 1.807) is 0 Å². The van der Waals surface area contributed by atoms with Crippen LogP contribution in [0.25, 0.3) is 11.1 Å². The lowest BCUT2D eigenvalue weighted by Gasteiger charge is -2.22. The number of benzene rings is 2. The predicted octanol–water partition coefficient (Wildman–Crippen LogP) is 3.77. The number of likely N-dealkylation sites (N-methyl/N-ethyl adjacent to an activating group) is 1. The molecule has 0 saturated heterocycles. The van der Waals surface area contributed by atoms with Crippen molar-refractivity contribution in [3.8, 4) is 11.1 Å². The first-order valence-corrected chi connectivity index (χ1v) is 7.53. The number of aromatic nitrogens is 2. The molecule has 0 radical (unpaired) electrons. The number of hydrogen-bond acceptors (Lipinski definition) is 2. The molecule has 0 aliphatic heterocycles. The molecule has 1 N–H and O–H groups in total. The first kappa shape index (κ1) is 14.5. The normalized spacial score (nSPS) is 12.5. The van der Waals surface area contributed by atoms with E-state index in [-0.39, 0.29) is 0 Å². The van der Waals surface area contributed by atoms with Crippen LogP contribution >= 0.6 is 0 Å². The van der Waals surface area contributed by atoms with Crippen LogP contribution in [0.2, 0.25) is 0 Å². The minimum Gasteiger partial charge on any atom is -0.308 e. The third-order valence-corrected chi connectivity index (χ3v) is 3.89. The lowest BCUT2D eigenvalue weighted by atomic mass is 9.90. The van der Waals surface area contributed by atoms with E-state index >= 15 is 0 Å². The van der Waals surface area contributed by atoms with Crippen molar-refractivity contribution in [1.82, 2.24) is 15.1 Å². The summed E-state index contributed by atoms with van der Waals surface area (Å²) in [6.45, 7) is 0.995. The summed E-state index contributed by atoms with van der Waals surface area (Å²) >= 11 is 0. The lowest BCUT2D eigenvalue weighted by molar-refractivity contribution is 0.392. The molecule has 3 nitrogen and oxygen atoms in total. The van der Waals surface area contributed by atoms with Gasteiger partial charge in [0.1, 0.15) is 0 Å². The van der Waals surface area contributed by atoms with Crippen LogP contribution in [0.5, 0.6) is 0 Å². The van der Waals surface area contributed by atoms with E-state index in [9.17, 15) is 0 Å². The molecule has 0 fully saturated rings. The van der Waals surface area contributed by atoms with Gasteiger partial charge in [0.05, 0.1) is 6.20 Å². The SMILES string of the molecule is CN(C)CC(c1ccccc1)c1ccc(-c2cn[nH]c2)cc1. The average molecular weight is 291 g/mol. The second-order valence-corrected chi connectivity index (χ2v) is 5.83. The highest BCUT2D eigenvalue weighted by Gasteiger charge is 2.15. The van der Waals surface area contributed by atoms with Crippen LogP contribution in [0.4, 0.5) is 0 Å². The summed E-state index contributed by atoms with van der Waals surface area (Å²) in [6, 6.07) is 19.5. The Bertz CT molecular complexity index is 685. The maximum absolute atomic E-state index is 4.01. The molecule has 112 valence electrons.